The molecule has 0 heterocycles. The number of benzene rings is 8. The van der Waals surface area contributed by atoms with Gasteiger partial charge >= 0.3 is 0 Å². The molecule has 0 aliphatic heterocycles. The number of nitrogens with two attached hydrogens (primary N) is 2. The van der Waals surface area contributed by atoms with Gasteiger partial charge in [0.25, 0.3) is 40.5 Å². The summed E-state index contributed by atoms with van der Waals surface area (Å²) in [6.07, 6.45) is 0. The van der Waals surface area contributed by atoms with E-state index in [0.717, 1.165) is 30.3 Å². The Morgan fingerprint density at radius 3 is 1.33 bits per heavy atom. The van der Waals surface area contributed by atoms with Gasteiger partial charge in [0.1, 0.15) is 26.1 Å². The van der Waals surface area contributed by atoms with E-state index >= 15 is 0 Å². The Morgan fingerprint density at radius 2 is 0.836 bits per heavy atom. The van der Waals surface area contributed by atoms with Crippen LogP contribution in [0.2, 0.25) is 0 Å². The minimum absolute atomic E-state index is 0. The number of azo groups is 3. The van der Waals surface area contributed by atoms with Crippen LogP contribution in [0.15, 0.2) is 172 Å². The molecule has 0 saturated carbocycles. The minimum atomic E-state index is -4.99. The quantitative estimate of drug-likeness (QED) is 0.0241. The van der Waals surface area contributed by atoms with Gasteiger partial charge in [-0.1, -0.05) is 6.07 Å². The number of nitrogens with one attached hydrogen (secondary N) is 1. The van der Waals surface area contributed by atoms with Gasteiger partial charge in [0.2, 0.25) is 0 Å². The van der Waals surface area contributed by atoms with E-state index in [1.165, 1.54) is 91.0 Å². The summed E-state index contributed by atoms with van der Waals surface area (Å²) < 4.78 is 139. The Bertz CT molecular complexity index is 4060. The number of phenols is 2. The average Bonchev–Trinajstić information content (AvgIpc) is 3.27. The summed E-state index contributed by atoms with van der Waals surface area (Å²) in [6, 6.07) is 25.6. The molecule has 4 radical (unpaired) electrons. The van der Waals surface area contributed by atoms with Crippen LogP contribution >= 0.6 is 0 Å². The van der Waals surface area contributed by atoms with Crippen LogP contribution < -0.4 is 16.8 Å². The molecule has 8 aromatic carbocycles. The van der Waals surface area contributed by atoms with Crippen LogP contribution in [0.25, 0.3) is 32.3 Å². The summed E-state index contributed by atoms with van der Waals surface area (Å²) in [5.74, 6) is -1.25. The molecule has 0 amide bonds. The summed E-state index contributed by atoms with van der Waals surface area (Å²) in [7, 11) is -19.6. The number of phenolic OH excluding ortho intramolecular Hbond substituents is 2. The van der Waals surface area contributed by atoms with E-state index < -0.39 is 82.9 Å². The van der Waals surface area contributed by atoms with Crippen LogP contribution in [0.1, 0.15) is 0 Å². The molecule has 0 fully saturated rings. The third-order valence-corrected chi connectivity index (χ3v) is 13.6. The second-order valence-electron chi connectivity index (χ2n) is 14.8. The Balaban J connectivity index is 0.00000289. The van der Waals surface area contributed by atoms with Crippen molar-refractivity contribution in [3.63, 3.8) is 0 Å². The average molecular weight is 1110 g/mol. The summed E-state index contributed by atoms with van der Waals surface area (Å²) in [4.78, 5) is -2.78. The van der Waals surface area contributed by atoms with Crippen molar-refractivity contribution in [1.82, 2.24) is 0 Å². The zero-order valence-corrected chi connectivity index (χ0v) is 49.7. The molecule has 73 heavy (non-hydrogen) atoms. The molecule has 0 atom stereocenters. The van der Waals surface area contributed by atoms with Gasteiger partial charge in [-0.05, 0) is 126 Å². The SMILES string of the molecule is Nc1ccc2c(O)c(N=Nc3ccc(Nc4ccc(N=Nc5ccc(N=Nc6c(S(=O)(=O)O)cc7cc(N)ccc7c6O)c6ccc(S(=O)(=O)O)cc56)cc4S(=O)(=O)O)cc3)c(S(=O)(=O)O)cc2c1.[Na].[Na].[Na].[Na]. The summed E-state index contributed by atoms with van der Waals surface area (Å²) in [5.41, 5.74) is 10.9. The van der Waals surface area contributed by atoms with E-state index in [1.807, 2.05) is 0 Å². The first kappa shape index (κ1) is 61.5. The second-order valence-corrected chi connectivity index (χ2v) is 20.4. The van der Waals surface area contributed by atoms with E-state index in [0.29, 0.717) is 0 Å². The maximum Gasteiger partial charge on any atom is 0.296 e. The zero-order valence-electron chi connectivity index (χ0n) is 38.5. The molecule has 31 heteroatoms. The number of anilines is 4. The van der Waals surface area contributed by atoms with Crippen LogP contribution in [-0.4, -0.2) is 180 Å². The van der Waals surface area contributed by atoms with Crippen molar-refractivity contribution in [3.8, 4) is 11.5 Å². The molecule has 0 aromatic heterocycles. The molecule has 0 bridgehead atoms. The predicted octanol–water partition coefficient (Wildman–Crippen LogP) is 8.18. The van der Waals surface area contributed by atoms with E-state index in [4.69, 9.17) is 11.5 Å². The maximum atomic E-state index is 12.6. The third kappa shape index (κ3) is 13.9. The van der Waals surface area contributed by atoms with E-state index in [2.05, 4.69) is 36.0 Å². The number of nitrogens with zero attached hydrogens (tertiary/aromatic N) is 6. The number of aromatic hydroxyl groups is 2. The first-order chi connectivity index (χ1) is 32.3. The monoisotopic (exact) mass is 1110 g/mol. The molecule has 0 aliphatic rings. The molecule has 8 rings (SSSR count). The molecule has 23 nitrogen and oxygen atoms in total. The van der Waals surface area contributed by atoms with Gasteiger partial charge in [-0.15, -0.1) is 20.5 Å². The minimum Gasteiger partial charge on any atom is -0.505 e. The molecule has 0 unspecified atom stereocenters. The van der Waals surface area contributed by atoms with Gasteiger partial charge < -0.3 is 27.0 Å². The summed E-state index contributed by atoms with van der Waals surface area (Å²) >= 11 is 0. The predicted molar refractivity (Wildman–Crippen MR) is 275 cm³/mol. The smallest absolute Gasteiger partial charge is 0.296 e. The van der Waals surface area contributed by atoms with Gasteiger partial charge in [-0.3, -0.25) is 18.2 Å². The molecule has 8 aromatic rings. The fourth-order valence-electron chi connectivity index (χ4n) is 6.94. The molecule has 11 N–H and O–H groups in total. The number of hydrogen-bond donors (Lipinski definition) is 9. The van der Waals surface area contributed by atoms with E-state index in [-0.39, 0.29) is 196 Å². The van der Waals surface area contributed by atoms with Crippen molar-refractivity contribution in [1.29, 1.82) is 0 Å². The van der Waals surface area contributed by atoms with Gasteiger partial charge in [0.05, 0.1) is 33.3 Å². The summed E-state index contributed by atoms with van der Waals surface area (Å²) in [6.45, 7) is 0. The number of fused-ring (bicyclic) bond motifs is 3. The molecular weight excluding hydrogens is 1070 g/mol. The second kappa shape index (κ2) is 23.9. The van der Waals surface area contributed by atoms with Gasteiger partial charge in [0.15, 0.2) is 11.5 Å². The van der Waals surface area contributed by atoms with Crippen molar-refractivity contribution in [2.24, 2.45) is 30.7 Å². The molecule has 356 valence electrons. The number of rotatable bonds is 12. The maximum absolute atomic E-state index is 12.6. The Kier molecular flexibility index (Phi) is 20.1. The Hall–Kier alpha value is -4.02. The zero-order chi connectivity index (χ0) is 49.8. The first-order valence-electron chi connectivity index (χ1n) is 19.2. The normalized spacial score (nSPS) is 12.2. The fraction of sp³-hybridized carbons (Fsp3) is 0. The van der Waals surface area contributed by atoms with E-state index in [9.17, 15) is 62.1 Å². The van der Waals surface area contributed by atoms with Crippen molar-refractivity contribution in [2.45, 2.75) is 19.6 Å². The van der Waals surface area contributed by atoms with Crippen LogP contribution in [0.4, 0.5) is 56.9 Å². The van der Waals surface area contributed by atoms with Crippen LogP contribution in [0.5, 0.6) is 11.5 Å². The van der Waals surface area contributed by atoms with E-state index in [1.54, 1.807) is 0 Å². The van der Waals surface area contributed by atoms with Crippen molar-refractivity contribution >= 4 is 248 Å². The first-order valence-corrected chi connectivity index (χ1v) is 24.9. The third-order valence-electron chi connectivity index (χ3n) is 10.1. The Morgan fingerprint density at radius 1 is 0.397 bits per heavy atom. The number of hydrogen-bond acceptors (Lipinski definition) is 19. The van der Waals surface area contributed by atoms with Crippen LogP contribution in [0.3, 0.4) is 0 Å². The number of nitrogen functional groups attached to an aromatic ring is 2. The fourth-order valence-corrected chi connectivity index (χ4v) is 9.43. The summed E-state index contributed by atoms with van der Waals surface area (Å²) in [5, 5.41) is 49.5. The molecular formula is C42H31N9Na4O14S4. The van der Waals surface area contributed by atoms with Crippen molar-refractivity contribution in [3.05, 3.63) is 121 Å². The van der Waals surface area contributed by atoms with Gasteiger partial charge in [-0.25, -0.2) is 0 Å². The van der Waals surface area contributed by atoms with Crippen LogP contribution in [-0.2, 0) is 40.5 Å². The molecule has 0 spiro atoms. The van der Waals surface area contributed by atoms with Gasteiger partial charge in [-0.2, -0.15) is 43.9 Å². The Labute approximate surface area is 503 Å². The van der Waals surface area contributed by atoms with Crippen molar-refractivity contribution < 1.29 is 62.1 Å². The largest absolute Gasteiger partial charge is 0.505 e. The van der Waals surface area contributed by atoms with Crippen LogP contribution in [0, 0.1) is 0 Å². The topological polar surface area (TPSA) is 396 Å². The molecule has 0 saturated heterocycles. The van der Waals surface area contributed by atoms with Crippen molar-refractivity contribution in [2.75, 3.05) is 16.8 Å². The molecule has 0 aliphatic carbocycles. The standard InChI is InChI=1S/C42H31N9O14S4.4Na/c43-23-1-9-29-21(15-23)17-37(68(60,61)62)39(41(29)52)50-46-26-5-3-25(4-6-26)45-35-12-7-27(19-36(35)67(57,58)59)47-48-34-14-13-33(31-11-8-28(20-32(31)34)66(54,55)56)49-51-40-38(69(63,64)65)18-22-16-24(44)2-10-30(22)42(40)53;;;;/h1-20,45,52-53H,43-44H2,(H,54,55,56)(H,57,58,59)(H,60,61,62)(H,63,64,65);;;;. The van der Waals surface area contributed by atoms with Gasteiger partial charge in [0, 0.05) is 157 Å².